The summed E-state index contributed by atoms with van der Waals surface area (Å²) in [6, 6.07) is 14.2. The minimum Gasteiger partial charge on any atom is -0.497 e. The van der Waals surface area contributed by atoms with Crippen LogP contribution in [0.15, 0.2) is 58.1 Å². The quantitative estimate of drug-likeness (QED) is 0.441. The van der Waals surface area contributed by atoms with E-state index in [1.165, 1.54) is 10.6 Å². The number of carbonyl (C=O) groups excluding carboxylic acids is 1. The van der Waals surface area contributed by atoms with E-state index in [-0.39, 0.29) is 24.3 Å². The molecule has 0 aliphatic heterocycles. The number of aliphatic hydroxyl groups is 1. The Morgan fingerprint density at radius 2 is 1.26 bits per heavy atom. The first-order chi connectivity index (χ1) is 16.3. The number of benzene rings is 2. The van der Waals surface area contributed by atoms with Gasteiger partial charge in [0, 0.05) is 41.6 Å². The van der Waals surface area contributed by atoms with Gasteiger partial charge in [0.1, 0.15) is 17.8 Å². The lowest BCUT2D eigenvalue weighted by molar-refractivity contribution is -0.108. The molecule has 8 heteroatoms. The Hall–Kier alpha value is -3.91. The average Bonchev–Trinajstić information content (AvgIpc) is 2.84. The zero-order chi connectivity index (χ0) is 24.8. The molecule has 0 radical (unpaired) electrons. The van der Waals surface area contributed by atoms with E-state index in [9.17, 15) is 14.4 Å². The van der Waals surface area contributed by atoms with E-state index in [0.29, 0.717) is 18.0 Å². The SMILES string of the molecule is COc1ccc2c(C)cc(=O)n(CC=O)c2c1.COc1ccc2c(C)cc(=O)n(CCO)c2c1. The van der Waals surface area contributed by atoms with Crippen LogP contribution in [0.4, 0.5) is 0 Å². The van der Waals surface area contributed by atoms with Crippen molar-refractivity contribution >= 4 is 28.1 Å². The smallest absolute Gasteiger partial charge is 0.251 e. The fourth-order valence-corrected chi connectivity index (χ4v) is 3.90. The predicted octanol–water partition coefficient (Wildman–Crippen LogP) is 2.83. The number of methoxy groups -OCH3 is 2. The summed E-state index contributed by atoms with van der Waals surface area (Å²) >= 11 is 0. The van der Waals surface area contributed by atoms with Crippen molar-refractivity contribution in [2.45, 2.75) is 26.9 Å². The molecule has 0 atom stereocenters. The van der Waals surface area contributed by atoms with Crippen LogP contribution in [0.3, 0.4) is 0 Å². The highest BCUT2D eigenvalue weighted by Crippen LogP contribution is 2.23. The van der Waals surface area contributed by atoms with Gasteiger partial charge in [-0.15, -0.1) is 0 Å². The normalized spacial score (nSPS) is 10.6. The summed E-state index contributed by atoms with van der Waals surface area (Å²) < 4.78 is 13.3. The van der Waals surface area contributed by atoms with Crippen molar-refractivity contribution in [3.8, 4) is 11.5 Å². The van der Waals surface area contributed by atoms with Crippen molar-refractivity contribution in [3.05, 3.63) is 80.4 Å². The summed E-state index contributed by atoms with van der Waals surface area (Å²) in [6.45, 7) is 4.07. The number of aromatic nitrogens is 2. The molecule has 0 saturated carbocycles. The third-order valence-corrected chi connectivity index (χ3v) is 5.63. The van der Waals surface area contributed by atoms with Crippen LogP contribution in [0, 0.1) is 13.8 Å². The molecule has 0 aliphatic rings. The van der Waals surface area contributed by atoms with Crippen LogP contribution in [0.25, 0.3) is 21.8 Å². The molecule has 0 saturated heterocycles. The van der Waals surface area contributed by atoms with Crippen LogP contribution >= 0.6 is 0 Å². The molecule has 4 aromatic rings. The second kappa shape index (κ2) is 10.8. The summed E-state index contributed by atoms with van der Waals surface area (Å²) in [4.78, 5) is 34.3. The molecule has 2 aromatic heterocycles. The molecule has 178 valence electrons. The van der Waals surface area contributed by atoms with Crippen molar-refractivity contribution in [1.29, 1.82) is 0 Å². The molecule has 2 aromatic carbocycles. The molecule has 34 heavy (non-hydrogen) atoms. The second-order valence-corrected chi connectivity index (χ2v) is 7.75. The molecule has 1 N–H and O–H groups in total. The van der Waals surface area contributed by atoms with E-state index >= 15 is 0 Å². The van der Waals surface area contributed by atoms with Gasteiger partial charge in [-0.05, 0) is 49.2 Å². The lowest BCUT2D eigenvalue weighted by Crippen LogP contribution is -2.21. The van der Waals surface area contributed by atoms with E-state index < -0.39 is 0 Å². The maximum atomic E-state index is 11.9. The number of pyridine rings is 2. The van der Waals surface area contributed by atoms with Gasteiger partial charge in [0.05, 0.1) is 38.4 Å². The molecule has 4 rings (SSSR count). The van der Waals surface area contributed by atoms with Crippen LogP contribution in [-0.2, 0) is 17.9 Å². The summed E-state index contributed by atoms with van der Waals surface area (Å²) in [5.41, 5.74) is 3.08. The zero-order valence-electron chi connectivity index (χ0n) is 19.7. The Bertz CT molecular complexity index is 1450. The number of nitrogens with zero attached hydrogens (tertiary/aromatic N) is 2. The maximum absolute atomic E-state index is 11.9. The lowest BCUT2D eigenvalue weighted by Gasteiger charge is -2.11. The number of carbonyl (C=O) groups is 1. The third kappa shape index (κ3) is 5.02. The minimum absolute atomic E-state index is 0.0583. The number of fused-ring (bicyclic) bond motifs is 2. The summed E-state index contributed by atoms with van der Waals surface area (Å²) in [5, 5.41) is 11.0. The van der Waals surface area contributed by atoms with Gasteiger partial charge in [0.15, 0.2) is 0 Å². The van der Waals surface area contributed by atoms with Crippen LogP contribution in [0.1, 0.15) is 11.1 Å². The molecule has 0 spiro atoms. The number of hydrogen-bond acceptors (Lipinski definition) is 6. The number of aliphatic hydroxyl groups excluding tert-OH is 1. The molecule has 0 fully saturated rings. The van der Waals surface area contributed by atoms with E-state index in [1.54, 1.807) is 30.9 Å². The van der Waals surface area contributed by atoms with Crippen molar-refractivity contribution in [3.63, 3.8) is 0 Å². The Balaban J connectivity index is 0.000000191. The first-order valence-corrected chi connectivity index (χ1v) is 10.8. The summed E-state index contributed by atoms with van der Waals surface area (Å²) in [7, 11) is 3.16. The van der Waals surface area contributed by atoms with Gasteiger partial charge >= 0.3 is 0 Å². The van der Waals surface area contributed by atoms with E-state index in [1.807, 2.05) is 44.2 Å². The van der Waals surface area contributed by atoms with E-state index in [2.05, 4.69) is 0 Å². The Kier molecular flexibility index (Phi) is 7.86. The van der Waals surface area contributed by atoms with Crippen molar-refractivity contribution in [2.24, 2.45) is 0 Å². The standard InChI is InChI=1S/C13H15NO3.C13H13NO3/c2*1-9-7-13(16)14(5-6-15)12-8-10(17-2)3-4-11(9)12/h3-4,7-8,15H,5-6H2,1-2H3;3-4,6-8H,5H2,1-2H3. The van der Waals surface area contributed by atoms with Crippen LogP contribution in [-0.4, -0.2) is 41.4 Å². The first kappa shape index (κ1) is 24.7. The van der Waals surface area contributed by atoms with Gasteiger partial charge in [-0.2, -0.15) is 0 Å². The molecule has 0 bridgehead atoms. The Labute approximate surface area is 196 Å². The first-order valence-electron chi connectivity index (χ1n) is 10.8. The third-order valence-electron chi connectivity index (χ3n) is 5.63. The van der Waals surface area contributed by atoms with Crippen LogP contribution in [0.2, 0.25) is 0 Å². The summed E-state index contributed by atoms with van der Waals surface area (Å²) in [6.07, 6.45) is 0.718. The monoisotopic (exact) mass is 464 g/mol. The Morgan fingerprint density at radius 3 is 1.71 bits per heavy atom. The predicted molar refractivity (Wildman–Crippen MR) is 132 cm³/mol. The van der Waals surface area contributed by atoms with E-state index in [4.69, 9.17) is 14.6 Å². The van der Waals surface area contributed by atoms with Gasteiger partial charge in [-0.25, -0.2) is 0 Å². The van der Waals surface area contributed by atoms with Gasteiger partial charge in [-0.3, -0.25) is 9.59 Å². The van der Waals surface area contributed by atoms with Gasteiger partial charge in [0.2, 0.25) is 0 Å². The number of aryl methyl sites for hydroxylation is 2. The molecule has 8 nitrogen and oxygen atoms in total. The number of hydrogen-bond donors (Lipinski definition) is 1. The van der Waals surface area contributed by atoms with Crippen molar-refractivity contribution < 1.29 is 19.4 Å². The highest BCUT2D eigenvalue weighted by Gasteiger charge is 2.08. The number of rotatable bonds is 6. The molecule has 0 amide bonds. The second-order valence-electron chi connectivity index (χ2n) is 7.75. The lowest BCUT2D eigenvalue weighted by atomic mass is 10.1. The van der Waals surface area contributed by atoms with E-state index in [0.717, 1.165) is 39.2 Å². The maximum Gasteiger partial charge on any atom is 0.251 e. The summed E-state index contributed by atoms with van der Waals surface area (Å²) in [5.74, 6) is 1.37. The molecular formula is C26H28N2O6. The fraction of sp³-hybridized carbons (Fsp3) is 0.269. The Morgan fingerprint density at radius 1 is 0.794 bits per heavy atom. The van der Waals surface area contributed by atoms with Gasteiger partial charge in [0.25, 0.3) is 11.1 Å². The number of aldehydes is 1. The zero-order valence-corrected chi connectivity index (χ0v) is 19.7. The fourth-order valence-electron chi connectivity index (χ4n) is 3.90. The van der Waals surface area contributed by atoms with Crippen molar-refractivity contribution in [2.75, 3.05) is 20.8 Å². The highest BCUT2D eigenvalue weighted by atomic mass is 16.5. The van der Waals surface area contributed by atoms with Crippen LogP contribution in [0.5, 0.6) is 11.5 Å². The molecule has 2 heterocycles. The van der Waals surface area contributed by atoms with Gasteiger partial charge < -0.3 is 28.5 Å². The minimum atomic E-state index is -0.171. The van der Waals surface area contributed by atoms with Crippen molar-refractivity contribution in [1.82, 2.24) is 9.13 Å². The average molecular weight is 465 g/mol. The van der Waals surface area contributed by atoms with Gasteiger partial charge in [-0.1, -0.05) is 0 Å². The highest BCUT2D eigenvalue weighted by molar-refractivity contribution is 5.84. The molecular weight excluding hydrogens is 436 g/mol. The number of ether oxygens (including phenoxy) is 2. The molecule has 0 aliphatic carbocycles. The topological polar surface area (TPSA) is 99.8 Å². The van der Waals surface area contributed by atoms with Crippen LogP contribution < -0.4 is 20.6 Å². The largest absolute Gasteiger partial charge is 0.497 e. The molecule has 0 unspecified atom stereocenters.